The summed E-state index contributed by atoms with van der Waals surface area (Å²) < 4.78 is 0. The van der Waals surface area contributed by atoms with Crippen molar-refractivity contribution in [3.05, 3.63) is 64.7 Å². The molecule has 2 nitrogen and oxygen atoms in total. The Morgan fingerprint density at radius 3 is 2.55 bits per heavy atom. The van der Waals surface area contributed by atoms with E-state index in [-0.39, 0.29) is 0 Å². The number of rotatable bonds is 5. The van der Waals surface area contributed by atoms with Gasteiger partial charge in [0, 0.05) is 17.3 Å². The van der Waals surface area contributed by atoms with Gasteiger partial charge in [-0.3, -0.25) is 0 Å². The van der Waals surface area contributed by atoms with Gasteiger partial charge in [0.1, 0.15) is 4.99 Å². The molecule has 2 aromatic carbocycles. The Morgan fingerprint density at radius 2 is 1.95 bits per heavy atom. The topological polar surface area (TPSA) is 38.0 Å². The van der Waals surface area contributed by atoms with Crippen LogP contribution in [0.1, 0.15) is 18.1 Å². The van der Waals surface area contributed by atoms with E-state index in [0.29, 0.717) is 21.6 Å². The summed E-state index contributed by atoms with van der Waals surface area (Å²) in [5.41, 5.74) is 8.58. The normalized spacial score (nSPS) is 11.9. The Hall–Kier alpha value is -1.58. The van der Waals surface area contributed by atoms with Gasteiger partial charge in [-0.1, -0.05) is 54.2 Å². The van der Waals surface area contributed by atoms with Crippen molar-refractivity contribution in [2.45, 2.75) is 19.4 Å². The van der Waals surface area contributed by atoms with Crippen molar-refractivity contribution < 1.29 is 0 Å². The van der Waals surface area contributed by atoms with Crippen LogP contribution in [0, 0.1) is 0 Å². The quantitative estimate of drug-likeness (QED) is 0.820. The molecule has 2 aromatic rings. The maximum absolute atomic E-state index is 6.16. The number of anilines is 1. The minimum absolute atomic E-state index is 0.309. The number of benzene rings is 2. The molecule has 0 bridgehead atoms. The molecule has 4 heteroatoms. The number of hydrogen-bond acceptors (Lipinski definition) is 2. The van der Waals surface area contributed by atoms with Crippen molar-refractivity contribution in [1.29, 1.82) is 0 Å². The third kappa shape index (κ3) is 3.95. The van der Waals surface area contributed by atoms with Crippen LogP contribution in [0.4, 0.5) is 5.69 Å². The van der Waals surface area contributed by atoms with Crippen LogP contribution >= 0.6 is 23.8 Å². The molecule has 0 aliphatic rings. The number of hydrogen-bond donors (Lipinski definition) is 2. The average Bonchev–Trinajstić information content (AvgIpc) is 2.39. The van der Waals surface area contributed by atoms with E-state index in [9.17, 15) is 0 Å². The zero-order valence-corrected chi connectivity index (χ0v) is 12.8. The standard InChI is InChI=1S/C16H17ClN2S/c1-11(9-12-5-3-2-4-6-12)19-13-7-8-14(16(18)20)15(17)10-13/h2-8,10-11,19H,9H2,1H3,(H2,18,20). The zero-order chi connectivity index (χ0) is 14.5. The fourth-order valence-corrected chi connectivity index (χ4v) is 2.62. The van der Waals surface area contributed by atoms with Gasteiger partial charge in [0.05, 0.1) is 5.02 Å². The number of thiocarbonyl (C=S) groups is 1. The molecule has 1 unspecified atom stereocenters. The number of nitrogens with one attached hydrogen (secondary N) is 1. The highest BCUT2D eigenvalue weighted by atomic mass is 35.5. The molecule has 0 radical (unpaired) electrons. The fourth-order valence-electron chi connectivity index (χ4n) is 2.11. The summed E-state index contributed by atoms with van der Waals surface area (Å²) in [6.07, 6.45) is 0.954. The van der Waals surface area contributed by atoms with Crippen LogP contribution in [0.3, 0.4) is 0 Å². The van der Waals surface area contributed by atoms with Crippen molar-refractivity contribution in [3.8, 4) is 0 Å². The van der Waals surface area contributed by atoms with Gasteiger partial charge in [0.25, 0.3) is 0 Å². The van der Waals surface area contributed by atoms with Gasteiger partial charge in [-0.05, 0) is 37.1 Å². The summed E-state index contributed by atoms with van der Waals surface area (Å²) in [5.74, 6) is 0. The number of halogens is 1. The number of nitrogens with two attached hydrogens (primary N) is 1. The van der Waals surface area contributed by atoms with Gasteiger partial charge < -0.3 is 11.1 Å². The minimum atomic E-state index is 0.309. The van der Waals surface area contributed by atoms with E-state index in [0.717, 1.165) is 12.1 Å². The SMILES string of the molecule is CC(Cc1ccccc1)Nc1ccc(C(N)=S)c(Cl)c1. The first-order chi connectivity index (χ1) is 9.56. The predicted octanol–water partition coefficient (Wildman–Crippen LogP) is 4.02. The van der Waals surface area contributed by atoms with Crippen LogP contribution < -0.4 is 11.1 Å². The van der Waals surface area contributed by atoms with E-state index < -0.39 is 0 Å². The first-order valence-electron chi connectivity index (χ1n) is 6.46. The lowest BCUT2D eigenvalue weighted by molar-refractivity contribution is 0.790. The third-order valence-corrected chi connectivity index (χ3v) is 3.56. The van der Waals surface area contributed by atoms with E-state index in [4.69, 9.17) is 29.6 Å². The first kappa shape index (κ1) is 14.8. The lowest BCUT2D eigenvalue weighted by atomic mass is 10.1. The fraction of sp³-hybridized carbons (Fsp3) is 0.188. The summed E-state index contributed by atoms with van der Waals surface area (Å²) in [7, 11) is 0. The van der Waals surface area contributed by atoms with Crippen molar-refractivity contribution in [2.75, 3.05) is 5.32 Å². The minimum Gasteiger partial charge on any atom is -0.389 e. The molecule has 1 atom stereocenters. The molecule has 0 fully saturated rings. The van der Waals surface area contributed by atoms with Crippen LogP contribution in [-0.2, 0) is 6.42 Å². The molecule has 0 saturated heterocycles. The lowest BCUT2D eigenvalue weighted by Crippen LogP contribution is -2.18. The largest absolute Gasteiger partial charge is 0.389 e. The summed E-state index contributed by atoms with van der Waals surface area (Å²) in [6.45, 7) is 2.14. The van der Waals surface area contributed by atoms with E-state index in [1.807, 2.05) is 24.3 Å². The molecule has 20 heavy (non-hydrogen) atoms. The highest BCUT2D eigenvalue weighted by Gasteiger charge is 2.07. The van der Waals surface area contributed by atoms with E-state index in [1.54, 1.807) is 0 Å². The van der Waals surface area contributed by atoms with Gasteiger partial charge in [-0.2, -0.15) is 0 Å². The van der Waals surface area contributed by atoms with Crippen LogP contribution in [0.2, 0.25) is 5.02 Å². The molecular formula is C16H17ClN2S. The van der Waals surface area contributed by atoms with Gasteiger partial charge in [-0.15, -0.1) is 0 Å². The monoisotopic (exact) mass is 304 g/mol. The second kappa shape index (κ2) is 6.73. The molecule has 0 aliphatic heterocycles. The Kier molecular flexibility index (Phi) is 4.99. The summed E-state index contributed by atoms with van der Waals surface area (Å²) >= 11 is 11.1. The third-order valence-electron chi connectivity index (χ3n) is 3.03. The summed E-state index contributed by atoms with van der Waals surface area (Å²) in [5, 5.41) is 4.01. The molecule has 0 spiro atoms. The van der Waals surface area contributed by atoms with E-state index >= 15 is 0 Å². The molecule has 0 aromatic heterocycles. The predicted molar refractivity (Wildman–Crippen MR) is 90.6 cm³/mol. The van der Waals surface area contributed by atoms with Crippen molar-refractivity contribution in [2.24, 2.45) is 5.73 Å². The van der Waals surface area contributed by atoms with Gasteiger partial charge in [0.2, 0.25) is 0 Å². The smallest absolute Gasteiger partial charge is 0.105 e. The second-order valence-corrected chi connectivity index (χ2v) is 5.64. The van der Waals surface area contributed by atoms with Crippen LogP contribution in [0.15, 0.2) is 48.5 Å². The maximum Gasteiger partial charge on any atom is 0.105 e. The van der Waals surface area contributed by atoms with Gasteiger partial charge in [-0.25, -0.2) is 0 Å². The Morgan fingerprint density at radius 1 is 1.25 bits per heavy atom. The van der Waals surface area contributed by atoms with Crippen LogP contribution in [0.25, 0.3) is 0 Å². The molecule has 0 heterocycles. The molecule has 3 N–H and O–H groups in total. The summed E-state index contributed by atoms with van der Waals surface area (Å²) in [4.78, 5) is 0.318. The van der Waals surface area contributed by atoms with Gasteiger partial charge >= 0.3 is 0 Å². The highest BCUT2D eigenvalue weighted by molar-refractivity contribution is 7.80. The van der Waals surface area contributed by atoms with Gasteiger partial charge in [0.15, 0.2) is 0 Å². The molecule has 0 saturated carbocycles. The molecule has 2 rings (SSSR count). The van der Waals surface area contributed by atoms with E-state index in [2.05, 4.69) is 36.5 Å². The molecule has 0 amide bonds. The molecule has 104 valence electrons. The first-order valence-corrected chi connectivity index (χ1v) is 7.24. The highest BCUT2D eigenvalue weighted by Crippen LogP contribution is 2.22. The zero-order valence-electron chi connectivity index (χ0n) is 11.3. The lowest BCUT2D eigenvalue weighted by Gasteiger charge is -2.16. The van der Waals surface area contributed by atoms with Crippen LogP contribution in [-0.4, -0.2) is 11.0 Å². The Labute approximate surface area is 130 Å². The Bertz CT molecular complexity index is 599. The molecular weight excluding hydrogens is 288 g/mol. The summed E-state index contributed by atoms with van der Waals surface area (Å²) in [6, 6.07) is 16.3. The average molecular weight is 305 g/mol. The van der Waals surface area contributed by atoms with E-state index in [1.165, 1.54) is 5.56 Å². The van der Waals surface area contributed by atoms with Crippen molar-refractivity contribution in [1.82, 2.24) is 0 Å². The van der Waals surface area contributed by atoms with Crippen molar-refractivity contribution in [3.63, 3.8) is 0 Å². The maximum atomic E-state index is 6.16. The molecule has 0 aliphatic carbocycles. The van der Waals surface area contributed by atoms with Crippen LogP contribution in [0.5, 0.6) is 0 Å². The van der Waals surface area contributed by atoms with Crippen molar-refractivity contribution >= 4 is 34.5 Å². The Balaban J connectivity index is 2.03. The second-order valence-electron chi connectivity index (χ2n) is 4.79.